The number of rotatable bonds is 1. The molecule has 0 aromatic carbocycles. The topological polar surface area (TPSA) is 21.6 Å². The number of allylic oxidation sites excluding steroid dienone is 3. The fourth-order valence-electron chi connectivity index (χ4n) is 0.820. The van der Waals surface area contributed by atoms with Crippen molar-refractivity contribution in [2.24, 2.45) is 4.99 Å². The van der Waals surface area contributed by atoms with Crippen LogP contribution in [0.1, 0.15) is 6.92 Å². The van der Waals surface area contributed by atoms with Crippen molar-refractivity contribution >= 4 is 5.90 Å². The van der Waals surface area contributed by atoms with Gasteiger partial charge in [-0.05, 0) is 19.1 Å². The second-order valence-corrected chi connectivity index (χ2v) is 2.10. The Labute approximate surface area is 66.6 Å². The average molecular weight is 149 g/mol. The van der Waals surface area contributed by atoms with Gasteiger partial charge in [0.15, 0.2) is 0 Å². The van der Waals surface area contributed by atoms with Gasteiger partial charge in [0, 0.05) is 12.6 Å². The monoisotopic (exact) mass is 149 g/mol. The minimum absolute atomic E-state index is 0.683. The van der Waals surface area contributed by atoms with Crippen molar-refractivity contribution in [2.45, 2.75) is 6.92 Å². The summed E-state index contributed by atoms with van der Waals surface area (Å²) >= 11 is 0. The number of hydrogen-bond donors (Lipinski definition) is 0. The Hall–Kier alpha value is -1.31. The molecule has 0 saturated heterocycles. The summed E-state index contributed by atoms with van der Waals surface area (Å²) in [5, 5.41) is 0. The lowest BCUT2D eigenvalue weighted by Crippen LogP contribution is -1.95. The number of aliphatic imine (C=N–C) groups is 1. The first-order chi connectivity index (χ1) is 5.38. The highest BCUT2D eigenvalue weighted by molar-refractivity contribution is 5.98. The van der Waals surface area contributed by atoms with Gasteiger partial charge in [0.25, 0.3) is 0 Å². The molecule has 11 heavy (non-hydrogen) atoms. The molecule has 1 aliphatic heterocycles. The van der Waals surface area contributed by atoms with E-state index < -0.39 is 0 Å². The van der Waals surface area contributed by atoms with E-state index in [-0.39, 0.29) is 0 Å². The summed E-state index contributed by atoms with van der Waals surface area (Å²) in [6, 6.07) is 0. The quantitative estimate of drug-likeness (QED) is 0.559. The lowest BCUT2D eigenvalue weighted by molar-refractivity contribution is 0.486. The lowest BCUT2D eigenvalue weighted by atomic mass is 10.2. The second-order valence-electron chi connectivity index (χ2n) is 2.10. The first-order valence-corrected chi connectivity index (χ1v) is 3.52. The molecule has 2 nitrogen and oxygen atoms in total. The molecule has 0 N–H and O–H groups in total. The molecule has 0 aromatic rings. The van der Waals surface area contributed by atoms with Gasteiger partial charge in [-0.1, -0.05) is 12.2 Å². The van der Waals surface area contributed by atoms with E-state index in [1.807, 2.05) is 31.2 Å². The van der Waals surface area contributed by atoms with Gasteiger partial charge in [-0.2, -0.15) is 0 Å². The fraction of sp³-hybridized carbons (Fsp3) is 0.222. The third kappa shape index (κ3) is 1.80. The zero-order chi connectivity index (χ0) is 8.10. The average Bonchev–Trinajstić information content (AvgIpc) is 2.47. The van der Waals surface area contributed by atoms with E-state index >= 15 is 0 Å². The molecule has 0 saturated carbocycles. The summed E-state index contributed by atoms with van der Waals surface area (Å²) in [5.74, 6) is 0.683. The highest BCUT2D eigenvalue weighted by Gasteiger charge is 2.07. The summed E-state index contributed by atoms with van der Waals surface area (Å²) < 4.78 is 5.08. The summed E-state index contributed by atoms with van der Waals surface area (Å²) in [6.07, 6.45) is 9.41. The Morgan fingerprint density at radius 3 is 3.00 bits per heavy atom. The first kappa shape index (κ1) is 7.79. The highest BCUT2D eigenvalue weighted by atomic mass is 16.5. The molecule has 1 aliphatic rings. The van der Waals surface area contributed by atoms with Gasteiger partial charge in [0.2, 0.25) is 5.90 Å². The van der Waals surface area contributed by atoms with Crippen molar-refractivity contribution in [1.82, 2.24) is 0 Å². The van der Waals surface area contributed by atoms with Crippen LogP contribution in [0.4, 0.5) is 0 Å². The Balaban J connectivity index is 2.78. The van der Waals surface area contributed by atoms with Crippen LogP contribution in [0, 0.1) is 0 Å². The summed E-state index contributed by atoms with van der Waals surface area (Å²) in [7, 11) is 1.71. The van der Waals surface area contributed by atoms with Gasteiger partial charge in [-0.15, -0.1) is 0 Å². The Morgan fingerprint density at radius 1 is 1.55 bits per heavy atom. The second kappa shape index (κ2) is 3.76. The van der Waals surface area contributed by atoms with Crippen LogP contribution < -0.4 is 0 Å². The highest BCUT2D eigenvalue weighted by Crippen LogP contribution is 2.10. The van der Waals surface area contributed by atoms with Crippen LogP contribution in [0.3, 0.4) is 0 Å². The van der Waals surface area contributed by atoms with E-state index in [9.17, 15) is 0 Å². The molecule has 0 unspecified atom stereocenters. The predicted octanol–water partition coefficient (Wildman–Crippen LogP) is 2.06. The first-order valence-electron chi connectivity index (χ1n) is 3.52. The normalized spacial score (nSPS) is 23.8. The van der Waals surface area contributed by atoms with E-state index in [1.54, 1.807) is 13.3 Å². The summed E-state index contributed by atoms with van der Waals surface area (Å²) in [4.78, 5) is 3.95. The fourth-order valence-corrected chi connectivity index (χ4v) is 0.820. The molecule has 2 heteroatoms. The van der Waals surface area contributed by atoms with Gasteiger partial charge in [-0.25, -0.2) is 0 Å². The van der Waals surface area contributed by atoms with Gasteiger partial charge >= 0.3 is 0 Å². The van der Waals surface area contributed by atoms with Crippen molar-refractivity contribution in [3.8, 4) is 0 Å². The Kier molecular flexibility index (Phi) is 2.66. The molecule has 0 amide bonds. The maximum atomic E-state index is 5.08. The molecule has 1 rings (SSSR count). The SMILES string of the molecule is CC=CC=C1C=COC1=NC. The van der Waals surface area contributed by atoms with Crippen LogP contribution in [0.5, 0.6) is 0 Å². The molecule has 0 aromatic heterocycles. The molecule has 58 valence electrons. The molecule has 1 heterocycles. The maximum Gasteiger partial charge on any atom is 0.220 e. The molecule has 0 atom stereocenters. The van der Waals surface area contributed by atoms with Crippen LogP contribution in [0.2, 0.25) is 0 Å². The molecule has 0 radical (unpaired) electrons. The van der Waals surface area contributed by atoms with Gasteiger partial charge < -0.3 is 4.74 Å². The zero-order valence-electron chi connectivity index (χ0n) is 6.74. The smallest absolute Gasteiger partial charge is 0.220 e. The summed E-state index contributed by atoms with van der Waals surface area (Å²) in [6.45, 7) is 1.97. The molecule has 0 fully saturated rings. The van der Waals surface area contributed by atoms with Crippen LogP contribution >= 0.6 is 0 Å². The maximum absolute atomic E-state index is 5.08. The minimum Gasteiger partial charge on any atom is -0.446 e. The number of nitrogens with zero attached hydrogens (tertiary/aromatic N) is 1. The van der Waals surface area contributed by atoms with Gasteiger partial charge in [0.05, 0.1) is 6.26 Å². The van der Waals surface area contributed by atoms with Crippen LogP contribution in [0.15, 0.2) is 41.1 Å². The number of hydrogen-bond acceptors (Lipinski definition) is 2. The standard InChI is InChI=1S/C9H11NO/c1-3-4-5-8-6-7-11-9(8)10-2/h3-7H,1-2H3. The van der Waals surface area contributed by atoms with Crippen molar-refractivity contribution < 1.29 is 4.74 Å². The van der Waals surface area contributed by atoms with Crippen molar-refractivity contribution in [2.75, 3.05) is 7.05 Å². The van der Waals surface area contributed by atoms with Crippen molar-refractivity contribution in [3.05, 3.63) is 36.1 Å². The molecular weight excluding hydrogens is 138 g/mol. The van der Waals surface area contributed by atoms with Gasteiger partial charge in [-0.3, -0.25) is 4.99 Å². The Bertz CT molecular complexity index is 246. The van der Waals surface area contributed by atoms with E-state index in [1.165, 1.54) is 0 Å². The summed E-state index contributed by atoms with van der Waals surface area (Å²) in [5.41, 5.74) is 1.02. The van der Waals surface area contributed by atoms with E-state index in [0.29, 0.717) is 5.90 Å². The van der Waals surface area contributed by atoms with Gasteiger partial charge in [0.1, 0.15) is 0 Å². The zero-order valence-corrected chi connectivity index (χ0v) is 6.74. The van der Waals surface area contributed by atoms with Crippen LogP contribution in [-0.2, 0) is 4.74 Å². The largest absolute Gasteiger partial charge is 0.446 e. The third-order valence-electron chi connectivity index (χ3n) is 1.35. The van der Waals surface area contributed by atoms with E-state index in [0.717, 1.165) is 5.57 Å². The molecule has 0 bridgehead atoms. The van der Waals surface area contributed by atoms with E-state index in [2.05, 4.69) is 4.99 Å². The predicted molar refractivity (Wildman–Crippen MR) is 46.5 cm³/mol. The lowest BCUT2D eigenvalue weighted by Gasteiger charge is -1.94. The van der Waals surface area contributed by atoms with Crippen LogP contribution in [0.25, 0.3) is 0 Å². The molecule has 0 aliphatic carbocycles. The molecular formula is C9H11NO. The number of ether oxygens (including phenoxy) is 1. The molecule has 0 spiro atoms. The third-order valence-corrected chi connectivity index (χ3v) is 1.35. The van der Waals surface area contributed by atoms with Crippen LogP contribution in [-0.4, -0.2) is 12.9 Å². The minimum atomic E-state index is 0.683. The Morgan fingerprint density at radius 2 is 2.36 bits per heavy atom. The van der Waals surface area contributed by atoms with E-state index in [4.69, 9.17) is 4.74 Å². The van der Waals surface area contributed by atoms with Crippen molar-refractivity contribution in [1.29, 1.82) is 0 Å². The van der Waals surface area contributed by atoms with Crippen molar-refractivity contribution in [3.63, 3.8) is 0 Å².